The maximum absolute atomic E-state index is 12.1. The molecule has 110 valence electrons. The number of carbonyl (C=O) groups is 2. The number of rotatable bonds is 3. The average Bonchev–Trinajstić information content (AvgIpc) is 2.96. The Morgan fingerprint density at radius 1 is 1.45 bits per heavy atom. The van der Waals surface area contributed by atoms with Crippen LogP contribution in [0, 0.1) is 0 Å². The molecule has 3 amide bonds. The highest BCUT2D eigenvalue weighted by molar-refractivity contribution is 8.00. The van der Waals surface area contributed by atoms with Gasteiger partial charge in [-0.1, -0.05) is 32.5 Å². The fraction of sp³-hybridized carbons (Fsp3) is 0.667. The Kier molecular flexibility index (Phi) is 4.03. The lowest BCUT2D eigenvalue weighted by atomic mass is 9.97. The summed E-state index contributed by atoms with van der Waals surface area (Å²) in [5.74, 6) is 0.277. The molecular weight excluding hydrogens is 280 g/mol. The minimum atomic E-state index is -0.452. The van der Waals surface area contributed by atoms with Crippen molar-refractivity contribution in [2.45, 2.75) is 43.6 Å². The molecule has 1 aromatic heterocycles. The second kappa shape index (κ2) is 5.43. The summed E-state index contributed by atoms with van der Waals surface area (Å²) in [6, 6.07) is -0.344. The van der Waals surface area contributed by atoms with Crippen molar-refractivity contribution < 1.29 is 14.0 Å². The van der Waals surface area contributed by atoms with Gasteiger partial charge in [0.05, 0.1) is 5.25 Å². The average molecular weight is 298 g/mol. The Balaban J connectivity index is 2.01. The van der Waals surface area contributed by atoms with Crippen LogP contribution < -0.4 is 5.32 Å². The molecule has 7 nitrogen and oxygen atoms in total. The lowest BCUT2D eigenvalue weighted by molar-refractivity contribution is -0.126. The van der Waals surface area contributed by atoms with E-state index in [0.717, 1.165) is 0 Å². The van der Waals surface area contributed by atoms with Crippen molar-refractivity contribution in [3.8, 4) is 0 Å². The molecule has 1 N–H and O–H groups in total. The molecule has 0 unspecified atom stereocenters. The highest BCUT2D eigenvalue weighted by atomic mass is 32.2. The van der Waals surface area contributed by atoms with Gasteiger partial charge in [-0.15, -0.1) is 10.2 Å². The molecule has 2 rings (SSSR count). The molecular formula is C12H18N4O3S. The van der Waals surface area contributed by atoms with Gasteiger partial charge in [-0.2, -0.15) is 0 Å². The van der Waals surface area contributed by atoms with Gasteiger partial charge in [0.2, 0.25) is 11.8 Å². The molecule has 20 heavy (non-hydrogen) atoms. The van der Waals surface area contributed by atoms with Gasteiger partial charge in [-0.3, -0.25) is 9.69 Å². The molecule has 1 aromatic rings. The Hall–Kier alpha value is -1.57. The number of nitrogens with one attached hydrogen (secondary N) is 1. The number of amides is 3. The summed E-state index contributed by atoms with van der Waals surface area (Å²) in [4.78, 5) is 24.8. The number of thioether (sulfide) groups is 1. The van der Waals surface area contributed by atoms with Crippen LogP contribution in [0.4, 0.5) is 4.79 Å². The van der Waals surface area contributed by atoms with E-state index in [0.29, 0.717) is 24.2 Å². The number of aromatic nitrogens is 2. The second-order valence-corrected chi connectivity index (χ2v) is 6.90. The first-order valence-electron chi connectivity index (χ1n) is 6.39. The van der Waals surface area contributed by atoms with E-state index in [4.69, 9.17) is 4.42 Å². The van der Waals surface area contributed by atoms with Crippen molar-refractivity contribution in [1.82, 2.24) is 20.4 Å². The summed E-state index contributed by atoms with van der Waals surface area (Å²) in [7, 11) is 0. The molecule has 1 saturated heterocycles. The van der Waals surface area contributed by atoms with Crippen molar-refractivity contribution in [2.75, 3.05) is 13.1 Å². The highest BCUT2D eigenvalue weighted by Crippen LogP contribution is 2.27. The van der Waals surface area contributed by atoms with E-state index in [2.05, 4.69) is 15.5 Å². The van der Waals surface area contributed by atoms with E-state index in [1.54, 1.807) is 6.92 Å². The van der Waals surface area contributed by atoms with Crippen LogP contribution in [0.2, 0.25) is 0 Å². The van der Waals surface area contributed by atoms with Crippen molar-refractivity contribution >= 4 is 23.7 Å². The third-order valence-electron chi connectivity index (χ3n) is 2.80. The number of urea groups is 1. The van der Waals surface area contributed by atoms with E-state index in [9.17, 15) is 9.59 Å². The fourth-order valence-electron chi connectivity index (χ4n) is 1.66. The first kappa shape index (κ1) is 14.8. The predicted molar refractivity (Wildman–Crippen MR) is 73.4 cm³/mol. The lowest BCUT2D eigenvalue weighted by Crippen LogP contribution is -2.38. The largest absolute Gasteiger partial charge is 0.415 e. The van der Waals surface area contributed by atoms with Gasteiger partial charge in [0.1, 0.15) is 0 Å². The zero-order chi connectivity index (χ0) is 14.9. The lowest BCUT2D eigenvalue weighted by Gasteiger charge is -2.16. The Labute approximate surface area is 121 Å². The molecule has 0 bridgehead atoms. The molecule has 0 radical (unpaired) electrons. The fourth-order valence-corrected chi connectivity index (χ4v) is 2.41. The van der Waals surface area contributed by atoms with Crippen LogP contribution in [-0.4, -0.2) is 45.4 Å². The van der Waals surface area contributed by atoms with Crippen molar-refractivity contribution in [1.29, 1.82) is 0 Å². The highest BCUT2D eigenvalue weighted by Gasteiger charge is 2.31. The van der Waals surface area contributed by atoms with E-state index >= 15 is 0 Å². The predicted octanol–water partition coefficient (Wildman–Crippen LogP) is 1.40. The van der Waals surface area contributed by atoms with Gasteiger partial charge in [-0.25, -0.2) is 4.79 Å². The number of carbonyl (C=O) groups excluding carboxylic acids is 2. The molecule has 0 aromatic carbocycles. The van der Waals surface area contributed by atoms with Crippen molar-refractivity contribution in [3.05, 3.63) is 5.89 Å². The van der Waals surface area contributed by atoms with Crippen LogP contribution in [0.3, 0.4) is 0 Å². The second-order valence-electron chi connectivity index (χ2n) is 5.61. The number of imide groups is 1. The van der Waals surface area contributed by atoms with E-state index in [1.165, 1.54) is 16.7 Å². The van der Waals surface area contributed by atoms with Gasteiger partial charge in [0.15, 0.2) is 0 Å². The summed E-state index contributed by atoms with van der Waals surface area (Å²) in [5.41, 5.74) is -0.228. The quantitative estimate of drug-likeness (QED) is 0.849. The molecule has 8 heteroatoms. The Morgan fingerprint density at radius 3 is 2.65 bits per heavy atom. The molecule has 0 aliphatic carbocycles. The van der Waals surface area contributed by atoms with E-state index in [-0.39, 0.29) is 17.4 Å². The minimum Gasteiger partial charge on any atom is -0.415 e. The first-order chi connectivity index (χ1) is 9.29. The van der Waals surface area contributed by atoms with E-state index < -0.39 is 5.25 Å². The Morgan fingerprint density at radius 2 is 2.15 bits per heavy atom. The zero-order valence-corrected chi connectivity index (χ0v) is 12.8. The third-order valence-corrected chi connectivity index (χ3v) is 3.72. The topological polar surface area (TPSA) is 88.3 Å². The summed E-state index contributed by atoms with van der Waals surface area (Å²) in [6.45, 7) is 8.53. The van der Waals surface area contributed by atoms with Crippen LogP contribution >= 0.6 is 11.8 Å². The van der Waals surface area contributed by atoms with Gasteiger partial charge in [-0.05, 0) is 6.92 Å². The number of hydrogen-bond donors (Lipinski definition) is 1. The molecule has 0 saturated carbocycles. The first-order valence-corrected chi connectivity index (χ1v) is 7.27. The summed E-state index contributed by atoms with van der Waals surface area (Å²) in [6.07, 6.45) is 0. The van der Waals surface area contributed by atoms with Gasteiger partial charge < -0.3 is 9.73 Å². The molecule has 1 atom stereocenters. The zero-order valence-electron chi connectivity index (χ0n) is 12.0. The number of hydrogen-bond acceptors (Lipinski definition) is 6. The summed E-state index contributed by atoms with van der Waals surface area (Å²) >= 11 is 1.17. The van der Waals surface area contributed by atoms with E-state index in [1.807, 2.05) is 20.8 Å². The summed E-state index contributed by atoms with van der Waals surface area (Å²) in [5, 5.41) is 10.4. The molecule has 1 fully saturated rings. The van der Waals surface area contributed by atoms with Crippen molar-refractivity contribution in [2.24, 2.45) is 0 Å². The van der Waals surface area contributed by atoms with Crippen LogP contribution in [0.1, 0.15) is 33.6 Å². The molecule has 2 heterocycles. The van der Waals surface area contributed by atoms with Crippen LogP contribution in [0.15, 0.2) is 9.64 Å². The van der Waals surface area contributed by atoms with Gasteiger partial charge in [0.25, 0.3) is 5.22 Å². The monoisotopic (exact) mass is 298 g/mol. The van der Waals surface area contributed by atoms with Gasteiger partial charge >= 0.3 is 6.03 Å². The van der Waals surface area contributed by atoms with Gasteiger partial charge in [0, 0.05) is 18.5 Å². The van der Waals surface area contributed by atoms with Crippen LogP contribution in [0.5, 0.6) is 0 Å². The van der Waals surface area contributed by atoms with Crippen molar-refractivity contribution in [3.63, 3.8) is 0 Å². The molecule has 1 aliphatic heterocycles. The summed E-state index contributed by atoms with van der Waals surface area (Å²) < 4.78 is 5.53. The maximum atomic E-state index is 12.1. The minimum absolute atomic E-state index is 0.228. The standard InChI is InChI=1S/C12H18N4O3S/c1-7(8(17)16-6-5-13-10(16)18)20-11-15-14-9(19-11)12(2,3)4/h7H,5-6H2,1-4H3,(H,13,18)/t7-/m0/s1. The van der Waals surface area contributed by atoms with Crippen LogP contribution in [-0.2, 0) is 10.2 Å². The third kappa shape index (κ3) is 3.12. The SMILES string of the molecule is C[C@H](Sc1nnc(C(C)(C)C)o1)C(=O)N1CCNC1=O. The van der Waals surface area contributed by atoms with Crippen LogP contribution in [0.25, 0.3) is 0 Å². The smallest absolute Gasteiger partial charge is 0.324 e. The normalized spacial score (nSPS) is 17.2. The molecule has 0 spiro atoms. The maximum Gasteiger partial charge on any atom is 0.324 e. The number of nitrogens with zero attached hydrogens (tertiary/aromatic N) is 3. The Bertz CT molecular complexity index is 523. The molecule has 1 aliphatic rings.